The van der Waals surface area contributed by atoms with Gasteiger partial charge in [-0.15, -0.1) is 0 Å². The van der Waals surface area contributed by atoms with Crippen molar-refractivity contribution in [3.05, 3.63) is 71.9 Å². The van der Waals surface area contributed by atoms with Crippen LogP contribution in [0.2, 0.25) is 0 Å². The number of amides is 1. The molecule has 4 N–H and O–H groups in total. The molecule has 0 bridgehead atoms. The summed E-state index contributed by atoms with van der Waals surface area (Å²) < 4.78 is 0. The molecule has 1 aromatic heterocycles. The highest BCUT2D eigenvalue weighted by molar-refractivity contribution is 5.98. The van der Waals surface area contributed by atoms with Crippen molar-refractivity contribution in [3.8, 4) is 6.19 Å². The minimum absolute atomic E-state index is 0.0534. The molecule has 7 heteroatoms. The van der Waals surface area contributed by atoms with Crippen LogP contribution in [0.4, 0.5) is 0 Å². The average Bonchev–Trinajstić information content (AvgIpc) is 3.32. The average molecular weight is 429 g/mol. The molecule has 0 unspecified atom stereocenters. The van der Waals surface area contributed by atoms with Crippen LogP contribution in [0.3, 0.4) is 0 Å². The van der Waals surface area contributed by atoms with E-state index in [2.05, 4.69) is 50.2 Å². The third-order valence-electron chi connectivity index (χ3n) is 6.47. The van der Waals surface area contributed by atoms with Gasteiger partial charge in [-0.3, -0.25) is 15.1 Å². The summed E-state index contributed by atoms with van der Waals surface area (Å²) in [5, 5.41) is 19.0. The van der Waals surface area contributed by atoms with Crippen molar-refractivity contribution in [1.29, 1.82) is 5.26 Å². The lowest BCUT2D eigenvalue weighted by Crippen LogP contribution is -2.49. The van der Waals surface area contributed by atoms with E-state index in [-0.39, 0.29) is 17.4 Å². The van der Waals surface area contributed by atoms with E-state index in [1.54, 1.807) is 7.05 Å². The van der Waals surface area contributed by atoms with E-state index in [1.165, 1.54) is 5.56 Å². The Morgan fingerprint density at radius 2 is 1.97 bits per heavy atom. The summed E-state index contributed by atoms with van der Waals surface area (Å²) in [5.74, 6) is 0.445. The number of benzene rings is 2. The third kappa shape index (κ3) is 4.59. The van der Waals surface area contributed by atoms with Gasteiger partial charge in [0.05, 0.1) is 0 Å². The van der Waals surface area contributed by atoms with Gasteiger partial charge in [-0.1, -0.05) is 30.3 Å². The third-order valence-corrected chi connectivity index (χ3v) is 6.47. The Balaban J connectivity index is 1.47. The van der Waals surface area contributed by atoms with Crippen LogP contribution < -0.4 is 16.0 Å². The number of nitrogens with one attached hydrogen (secondary N) is 4. The number of H-pyrrole nitrogens is 1. The Kier molecular flexibility index (Phi) is 6.41. The largest absolute Gasteiger partial charge is 0.361 e. The van der Waals surface area contributed by atoms with Crippen molar-refractivity contribution >= 4 is 22.8 Å². The Hall–Kier alpha value is -3.79. The summed E-state index contributed by atoms with van der Waals surface area (Å²) in [5.41, 5.74) is 2.81. The Bertz CT molecular complexity index is 1140. The maximum Gasteiger partial charge on any atom is 0.251 e. The van der Waals surface area contributed by atoms with E-state index >= 15 is 0 Å². The first-order valence-corrected chi connectivity index (χ1v) is 10.9. The molecule has 0 radical (unpaired) electrons. The molecule has 32 heavy (non-hydrogen) atoms. The first-order chi connectivity index (χ1) is 15.6. The summed E-state index contributed by atoms with van der Waals surface area (Å²) in [4.78, 5) is 20.2. The van der Waals surface area contributed by atoms with Gasteiger partial charge in [0.15, 0.2) is 6.19 Å². The molecule has 1 saturated carbocycles. The van der Waals surface area contributed by atoms with Crippen LogP contribution in [0, 0.1) is 11.5 Å². The Morgan fingerprint density at radius 3 is 2.69 bits per heavy atom. The molecule has 1 aliphatic rings. The van der Waals surface area contributed by atoms with E-state index in [0.717, 1.165) is 36.6 Å². The molecule has 0 spiro atoms. The molecular formula is C25H28N6O. The first kappa shape index (κ1) is 21.4. The molecule has 1 heterocycles. The Labute approximate surface area is 187 Å². The standard InChI is InChI=1S/C25H28N6O/c1-27-24(30-17-26)31-21-9-12-25(13-10-21,20-5-3-2-4-6-20)16-29-23(32)19-7-8-22-18(15-19)11-14-28-22/h2-8,11,14-15,21,28H,9-10,12-13,16H2,1H3,(H,29,32)(H2,27,30,31). The maximum absolute atomic E-state index is 13.0. The van der Waals surface area contributed by atoms with Crippen molar-refractivity contribution in [3.63, 3.8) is 0 Å². The van der Waals surface area contributed by atoms with Gasteiger partial charge in [0.1, 0.15) is 0 Å². The van der Waals surface area contributed by atoms with Crippen molar-refractivity contribution in [2.24, 2.45) is 4.99 Å². The van der Waals surface area contributed by atoms with E-state index < -0.39 is 0 Å². The fourth-order valence-corrected chi connectivity index (χ4v) is 4.62. The summed E-state index contributed by atoms with van der Waals surface area (Å²) in [6.45, 7) is 0.582. The van der Waals surface area contributed by atoms with Crippen LogP contribution in [0.1, 0.15) is 41.6 Å². The lowest BCUT2D eigenvalue weighted by atomic mass is 9.68. The number of rotatable bonds is 5. The van der Waals surface area contributed by atoms with Crippen molar-refractivity contribution in [2.45, 2.75) is 37.1 Å². The number of aromatic amines is 1. The number of hydrogen-bond acceptors (Lipinski definition) is 3. The smallest absolute Gasteiger partial charge is 0.251 e. The molecule has 1 fully saturated rings. The second-order valence-corrected chi connectivity index (χ2v) is 8.34. The normalized spacial score (nSPS) is 21.0. The number of guanidine groups is 1. The zero-order valence-corrected chi connectivity index (χ0v) is 18.2. The number of fused-ring (bicyclic) bond motifs is 1. The molecule has 0 atom stereocenters. The lowest BCUT2D eigenvalue weighted by Gasteiger charge is -2.41. The fourth-order valence-electron chi connectivity index (χ4n) is 4.62. The molecule has 1 amide bonds. The molecule has 3 aromatic rings. The maximum atomic E-state index is 13.0. The Morgan fingerprint density at radius 1 is 1.19 bits per heavy atom. The number of aliphatic imine (C=N–C) groups is 1. The van der Waals surface area contributed by atoms with Gasteiger partial charge in [0, 0.05) is 47.7 Å². The zero-order chi connectivity index (χ0) is 22.4. The van der Waals surface area contributed by atoms with Gasteiger partial charge >= 0.3 is 0 Å². The van der Waals surface area contributed by atoms with Gasteiger partial charge in [0.25, 0.3) is 5.91 Å². The summed E-state index contributed by atoms with van der Waals surface area (Å²) in [6.07, 6.45) is 7.49. The molecule has 4 rings (SSSR count). The predicted octanol–water partition coefficient (Wildman–Crippen LogP) is 3.42. The number of nitrogens with zero attached hydrogens (tertiary/aromatic N) is 2. The van der Waals surface area contributed by atoms with Crippen molar-refractivity contribution < 1.29 is 4.79 Å². The fraction of sp³-hybridized carbons (Fsp3) is 0.320. The number of carbonyl (C=O) groups is 1. The highest BCUT2D eigenvalue weighted by Gasteiger charge is 2.37. The van der Waals surface area contributed by atoms with Gasteiger partial charge < -0.3 is 15.6 Å². The SMILES string of the molecule is CN=C(NC#N)NC1CCC(CNC(=O)c2ccc3[nH]ccc3c2)(c2ccccc2)CC1. The summed E-state index contributed by atoms with van der Waals surface area (Å²) in [7, 11) is 1.66. The lowest BCUT2D eigenvalue weighted by molar-refractivity contribution is 0.0935. The monoisotopic (exact) mass is 428 g/mol. The van der Waals surface area contributed by atoms with Crippen LogP contribution in [0.25, 0.3) is 10.9 Å². The number of carbonyl (C=O) groups excluding carboxylic acids is 1. The summed E-state index contributed by atoms with van der Waals surface area (Å²) >= 11 is 0. The molecule has 1 aliphatic carbocycles. The van der Waals surface area contributed by atoms with Crippen LogP contribution >= 0.6 is 0 Å². The van der Waals surface area contributed by atoms with E-state index in [0.29, 0.717) is 18.1 Å². The highest BCUT2D eigenvalue weighted by Crippen LogP contribution is 2.39. The van der Waals surface area contributed by atoms with Crippen LogP contribution in [0.5, 0.6) is 0 Å². The molecule has 164 valence electrons. The zero-order valence-electron chi connectivity index (χ0n) is 18.2. The van der Waals surface area contributed by atoms with Crippen molar-refractivity contribution in [2.75, 3.05) is 13.6 Å². The molecular weight excluding hydrogens is 400 g/mol. The number of aromatic nitrogens is 1. The van der Waals surface area contributed by atoms with Crippen molar-refractivity contribution in [1.82, 2.24) is 20.9 Å². The van der Waals surface area contributed by atoms with Gasteiger partial charge in [-0.25, -0.2) is 0 Å². The molecule has 2 aromatic carbocycles. The first-order valence-electron chi connectivity index (χ1n) is 10.9. The number of nitriles is 1. The second-order valence-electron chi connectivity index (χ2n) is 8.34. The molecule has 0 aliphatic heterocycles. The molecule has 0 saturated heterocycles. The van der Waals surface area contributed by atoms with Gasteiger partial charge in [-0.2, -0.15) is 5.26 Å². The van der Waals surface area contributed by atoms with Crippen LogP contribution in [-0.4, -0.2) is 36.5 Å². The molecule has 7 nitrogen and oxygen atoms in total. The second kappa shape index (κ2) is 9.56. The van der Waals surface area contributed by atoms with Crippen LogP contribution in [0.15, 0.2) is 65.8 Å². The van der Waals surface area contributed by atoms with Gasteiger partial charge in [0.2, 0.25) is 5.96 Å². The number of hydrogen-bond donors (Lipinski definition) is 4. The highest BCUT2D eigenvalue weighted by atomic mass is 16.1. The quantitative estimate of drug-likeness (QED) is 0.216. The minimum atomic E-state index is -0.126. The van der Waals surface area contributed by atoms with E-state index in [1.807, 2.05) is 42.7 Å². The summed E-state index contributed by atoms with van der Waals surface area (Å²) in [6, 6.07) is 18.4. The predicted molar refractivity (Wildman–Crippen MR) is 126 cm³/mol. The van der Waals surface area contributed by atoms with E-state index in [9.17, 15) is 4.79 Å². The van der Waals surface area contributed by atoms with Gasteiger partial charge in [-0.05, 0) is 55.5 Å². The topological polar surface area (TPSA) is 105 Å². The van der Waals surface area contributed by atoms with Crippen LogP contribution in [-0.2, 0) is 5.41 Å². The minimum Gasteiger partial charge on any atom is -0.361 e. The van der Waals surface area contributed by atoms with E-state index in [4.69, 9.17) is 5.26 Å².